The van der Waals surface area contributed by atoms with Gasteiger partial charge in [0.2, 0.25) is 5.88 Å². The second kappa shape index (κ2) is 7.89. The van der Waals surface area contributed by atoms with Gasteiger partial charge in [0, 0.05) is 6.54 Å². The van der Waals surface area contributed by atoms with E-state index in [2.05, 4.69) is 15.3 Å². The highest BCUT2D eigenvalue weighted by Gasteiger charge is 2.13. The van der Waals surface area contributed by atoms with Crippen molar-refractivity contribution in [3.05, 3.63) is 6.33 Å². The van der Waals surface area contributed by atoms with Crippen LogP contribution in [0.5, 0.6) is 5.88 Å². The van der Waals surface area contributed by atoms with Crippen molar-refractivity contribution in [2.45, 2.75) is 45.1 Å². The zero-order valence-corrected chi connectivity index (χ0v) is 12.1. The molecule has 1 aromatic rings. The molecule has 0 spiro atoms. The molecule has 1 aliphatic rings. The SMILES string of the molecule is CCOc1ncnc(NCCOC2CCCCC2)c1N. The first-order chi connectivity index (χ1) is 9.81. The largest absolute Gasteiger partial charge is 0.476 e. The van der Waals surface area contributed by atoms with Crippen LogP contribution in [0, 0.1) is 0 Å². The number of nitrogens with zero attached hydrogens (tertiary/aromatic N) is 2. The number of rotatable bonds is 7. The predicted molar refractivity (Wildman–Crippen MR) is 78.9 cm³/mol. The van der Waals surface area contributed by atoms with E-state index in [1.54, 1.807) is 0 Å². The van der Waals surface area contributed by atoms with Gasteiger partial charge in [-0.25, -0.2) is 4.98 Å². The zero-order valence-electron chi connectivity index (χ0n) is 12.1. The van der Waals surface area contributed by atoms with Crippen molar-refractivity contribution in [1.82, 2.24) is 9.97 Å². The first kappa shape index (κ1) is 14.8. The van der Waals surface area contributed by atoms with Crippen molar-refractivity contribution in [2.24, 2.45) is 0 Å². The van der Waals surface area contributed by atoms with E-state index in [0.29, 0.717) is 43.2 Å². The number of anilines is 2. The van der Waals surface area contributed by atoms with Crippen LogP contribution in [0.2, 0.25) is 0 Å². The maximum absolute atomic E-state index is 5.94. The van der Waals surface area contributed by atoms with Gasteiger partial charge in [-0.05, 0) is 19.8 Å². The lowest BCUT2D eigenvalue weighted by Gasteiger charge is -2.22. The molecule has 1 heterocycles. The molecule has 3 N–H and O–H groups in total. The third kappa shape index (κ3) is 4.23. The topological polar surface area (TPSA) is 82.3 Å². The smallest absolute Gasteiger partial charge is 0.242 e. The van der Waals surface area contributed by atoms with E-state index < -0.39 is 0 Å². The second-order valence-corrected chi connectivity index (χ2v) is 4.93. The van der Waals surface area contributed by atoms with E-state index >= 15 is 0 Å². The first-order valence-electron chi connectivity index (χ1n) is 7.40. The molecule has 1 aliphatic carbocycles. The van der Waals surface area contributed by atoms with E-state index in [9.17, 15) is 0 Å². The Morgan fingerprint density at radius 2 is 2.10 bits per heavy atom. The molecule has 6 heteroatoms. The molecule has 0 bridgehead atoms. The van der Waals surface area contributed by atoms with Crippen molar-refractivity contribution < 1.29 is 9.47 Å². The molecule has 6 nitrogen and oxygen atoms in total. The van der Waals surface area contributed by atoms with Crippen LogP contribution in [0.15, 0.2) is 6.33 Å². The summed E-state index contributed by atoms with van der Waals surface area (Å²) in [5.74, 6) is 1.04. The molecule has 0 aromatic carbocycles. The minimum atomic E-state index is 0.423. The van der Waals surface area contributed by atoms with Crippen molar-refractivity contribution >= 4 is 11.5 Å². The fourth-order valence-corrected chi connectivity index (χ4v) is 2.40. The lowest BCUT2D eigenvalue weighted by atomic mass is 9.98. The molecule has 1 saturated carbocycles. The molecule has 0 atom stereocenters. The second-order valence-electron chi connectivity index (χ2n) is 4.93. The van der Waals surface area contributed by atoms with E-state index in [1.165, 1.54) is 38.4 Å². The lowest BCUT2D eigenvalue weighted by molar-refractivity contribution is 0.0347. The molecule has 1 fully saturated rings. The van der Waals surface area contributed by atoms with Crippen molar-refractivity contribution in [2.75, 3.05) is 30.8 Å². The molecule has 0 aliphatic heterocycles. The lowest BCUT2D eigenvalue weighted by Crippen LogP contribution is -2.21. The summed E-state index contributed by atoms with van der Waals surface area (Å²) in [6.07, 6.45) is 8.16. The van der Waals surface area contributed by atoms with Crippen LogP contribution in [0.1, 0.15) is 39.0 Å². The Balaban J connectivity index is 1.74. The van der Waals surface area contributed by atoms with Gasteiger partial charge < -0.3 is 20.5 Å². The molecular formula is C14H24N4O2. The molecule has 0 radical (unpaired) electrons. The number of ether oxygens (including phenoxy) is 2. The van der Waals surface area contributed by atoms with Gasteiger partial charge in [0.15, 0.2) is 5.82 Å². The van der Waals surface area contributed by atoms with Gasteiger partial charge in [0.1, 0.15) is 12.0 Å². The molecule has 0 amide bonds. The maximum Gasteiger partial charge on any atom is 0.242 e. The Morgan fingerprint density at radius 1 is 1.30 bits per heavy atom. The number of nitrogens with two attached hydrogens (primary N) is 1. The van der Waals surface area contributed by atoms with Gasteiger partial charge >= 0.3 is 0 Å². The molecular weight excluding hydrogens is 256 g/mol. The van der Waals surface area contributed by atoms with Gasteiger partial charge in [-0.2, -0.15) is 4.98 Å². The summed E-state index contributed by atoms with van der Waals surface area (Å²) < 4.78 is 11.2. The van der Waals surface area contributed by atoms with E-state index in [4.69, 9.17) is 15.2 Å². The fraction of sp³-hybridized carbons (Fsp3) is 0.714. The maximum atomic E-state index is 5.94. The number of nitrogen functional groups attached to an aromatic ring is 1. The summed E-state index contributed by atoms with van der Waals surface area (Å²) in [5.41, 5.74) is 6.39. The summed E-state index contributed by atoms with van der Waals surface area (Å²) in [7, 11) is 0. The quantitative estimate of drug-likeness (QED) is 0.745. The third-order valence-electron chi connectivity index (χ3n) is 3.43. The summed E-state index contributed by atoms with van der Waals surface area (Å²) in [6, 6.07) is 0. The van der Waals surface area contributed by atoms with Crippen LogP contribution in [-0.4, -0.2) is 35.8 Å². The van der Waals surface area contributed by atoms with Crippen LogP contribution in [-0.2, 0) is 4.74 Å². The number of nitrogens with one attached hydrogen (secondary N) is 1. The molecule has 0 unspecified atom stereocenters. The molecule has 1 aromatic heterocycles. The Labute approximate surface area is 120 Å². The monoisotopic (exact) mass is 280 g/mol. The van der Waals surface area contributed by atoms with Gasteiger partial charge in [0.05, 0.1) is 19.3 Å². The Kier molecular flexibility index (Phi) is 5.86. The normalized spacial score (nSPS) is 16.1. The summed E-state index contributed by atoms with van der Waals surface area (Å²) in [4.78, 5) is 8.12. The number of hydrogen-bond acceptors (Lipinski definition) is 6. The third-order valence-corrected chi connectivity index (χ3v) is 3.43. The van der Waals surface area contributed by atoms with Crippen LogP contribution in [0.4, 0.5) is 11.5 Å². The first-order valence-corrected chi connectivity index (χ1v) is 7.40. The van der Waals surface area contributed by atoms with E-state index in [0.717, 1.165) is 0 Å². The van der Waals surface area contributed by atoms with Crippen molar-refractivity contribution in [1.29, 1.82) is 0 Å². The number of hydrogen-bond donors (Lipinski definition) is 2. The summed E-state index contributed by atoms with van der Waals surface area (Å²) >= 11 is 0. The standard InChI is InChI=1S/C14H24N4O2/c1-2-19-14-12(15)13(17-10-18-14)16-8-9-20-11-6-4-3-5-7-11/h10-11H,2-9,15H2,1H3,(H,16,17,18). The van der Waals surface area contributed by atoms with Gasteiger partial charge in [-0.3, -0.25) is 0 Å². The summed E-state index contributed by atoms with van der Waals surface area (Å²) in [5, 5.41) is 3.17. The highest BCUT2D eigenvalue weighted by Crippen LogP contribution is 2.24. The highest BCUT2D eigenvalue weighted by molar-refractivity contribution is 5.66. The van der Waals surface area contributed by atoms with Crippen LogP contribution < -0.4 is 15.8 Å². The molecule has 0 saturated heterocycles. The average molecular weight is 280 g/mol. The van der Waals surface area contributed by atoms with E-state index in [-0.39, 0.29) is 0 Å². The minimum Gasteiger partial charge on any atom is -0.476 e. The average Bonchev–Trinajstić information content (AvgIpc) is 2.48. The van der Waals surface area contributed by atoms with Crippen LogP contribution in [0.3, 0.4) is 0 Å². The van der Waals surface area contributed by atoms with Crippen molar-refractivity contribution in [3.63, 3.8) is 0 Å². The zero-order chi connectivity index (χ0) is 14.2. The summed E-state index contributed by atoms with van der Waals surface area (Å²) in [6.45, 7) is 3.78. The van der Waals surface area contributed by atoms with Crippen LogP contribution >= 0.6 is 0 Å². The van der Waals surface area contributed by atoms with Gasteiger partial charge in [0.25, 0.3) is 0 Å². The predicted octanol–water partition coefficient (Wildman–Crippen LogP) is 2.22. The van der Waals surface area contributed by atoms with Crippen molar-refractivity contribution in [3.8, 4) is 5.88 Å². The Morgan fingerprint density at radius 3 is 2.85 bits per heavy atom. The molecule has 20 heavy (non-hydrogen) atoms. The minimum absolute atomic E-state index is 0.423. The number of aromatic nitrogens is 2. The Bertz CT molecular complexity index is 408. The Hall–Kier alpha value is -1.56. The van der Waals surface area contributed by atoms with Gasteiger partial charge in [-0.1, -0.05) is 19.3 Å². The highest BCUT2D eigenvalue weighted by atomic mass is 16.5. The molecule has 2 rings (SSSR count). The van der Waals surface area contributed by atoms with Crippen LogP contribution in [0.25, 0.3) is 0 Å². The fourth-order valence-electron chi connectivity index (χ4n) is 2.40. The van der Waals surface area contributed by atoms with Gasteiger partial charge in [-0.15, -0.1) is 0 Å². The molecule has 112 valence electrons. The van der Waals surface area contributed by atoms with E-state index in [1.807, 2.05) is 6.92 Å².